The van der Waals surface area contributed by atoms with Gasteiger partial charge in [-0.3, -0.25) is 4.98 Å². The van der Waals surface area contributed by atoms with Gasteiger partial charge >= 0.3 is 0 Å². The fraction of sp³-hybridized carbons (Fsp3) is 0.353. The van der Waals surface area contributed by atoms with Gasteiger partial charge in [-0.05, 0) is 44.5 Å². The number of methoxy groups -OCH3 is 2. The van der Waals surface area contributed by atoms with E-state index in [0.29, 0.717) is 0 Å². The number of benzene rings is 1. The van der Waals surface area contributed by atoms with E-state index in [9.17, 15) is 0 Å². The summed E-state index contributed by atoms with van der Waals surface area (Å²) in [5, 5.41) is 0. The maximum absolute atomic E-state index is 6.16. The molecule has 0 saturated carbocycles. The third kappa shape index (κ3) is 3.16. The van der Waals surface area contributed by atoms with E-state index in [-0.39, 0.29) is 0 Å². The molecule has 0 aliphatic carbocycles. The molecule has 0 fully saturated rings. The molecule has 0 radical (unpaired) electrons. The van der Waals surface area contributed by atoms with E-state index in [2.05, 4.69) is 4.98 Å². The summed E-state index contributed by atoms with van der Waals surface area (Å²) in [4.78, 5) is 4.67. The van der Waals surface area contributed by atoms with Crippen molar-refractivity contribution in [2.75, 3.05) is 14.2 Å². The van der Waals surface area contributed by atoms with Crippen LogP contribution in [0.15, 0.2) is 30.3 Å². The zero-order chi connectivity index (χ0) is 15.6. The number of aryl methyl sites for hydroxylation is 1. The second-order valence-electron chi connectivity index (χ2n) is 5.62. The first-order valence-corrected chi connectivity index (χ1v) is 6.86. The zero-order valence-corrected chi connectivity index (χ0v) is 13.2. The lowest BCUT2D eigenvalue weighted by atomic mass is 9.93. The molecule has 4 nitrogen and oxygen atoms in total. The first-order valence-electron chi connectivity index (χ1n) is 6.86. The predicted molar refractivity (Wildman–Crippen MR) is 84.7 cm³/mol. The maximum Gasteiger partial charge on any atom is 0.131 e. The van der Waals surface area contributed by atoms with Crippen molar-refractivity contribution in [3.05, 3.63) is 41.6 Å². The zero-order valence-electron chi connectivity index (χ0n) is 13.2. The van der Waals surface area contributed by atoms with Crippen LogP contribution in [0.1, 0.15) is 25.1 Å². The molecule has 112 valence electrons. The molecule has 2 aromatic rings. The summed E-state index contributed by atoms with van der Waals surface area (Å²) in [6, 6.07) is 9.71. The number of rotatable bonds is 4. The molecule has 1 heterocycles. The summed E-state index contributed by atoms with van der Waals surface area (Å²) in [5.41, 5.74) is 9.52. The summed E-state index contributed by atoms with van der Waals surface area (Å²) < 4.78 is 10.7. The van der Waals surface area contributed by atoms with Crippen molar-refractivity contribution in [2.45, 2.75) is 26.3 Å². The number of pyridine rings is 1. The number of hydrogen-bond acceptors (Lipinski definition) is 4. The van der Waals surface area contributed by atoms with E-state index in [4.69, 9.17) is 15.2 Å². The van der Waals surface area contributed by atoms with Crippen molar-refractivity contribution in [2.24, 2.45) is 5.73 Å². The van der Waals surface area contributed by atoms with E-state index in [1.807, 2.05) is 51.1 Å². The molecule has 0 atom stereocenters. The molecule has 0 amide bonds. The molecule has 0 saturated heterocycles. The van der Waals surface area contributed by atoms with Gasteiger partial charge in [0.2, 0.25) is 0 Å². The molecule has 4 heteroatoms. The Bertz CT molecular complexity index is 646. The molecule has 1 aromatic carbocycles. The summed E-state index contributed by atoms with van der Waals surface area (Å²) in [6.07, 6.45) is 0. The molecule has 0 aliphatic rings. The van der Waals surface area contributed by atoms with Crippen molar-refractivity contribution in [3.8, 4) is 22.8 Å². The van der Waals surface area contributed by atoms with Crippen LogP contribution in [0.5, 0.6) is 11.5 Å². The second-order valence-corrected chi connectivity index (χ2v) is 5.62. The standard InChI is InChI=1S/C17H22N2O2/c1-11-14(17(2,3)18)8-9-15(19-11)13-7-6-12(20-4)10-16(13)21-5/h6-10H,18H2,1-5H3. The van der Waals surface area contributed by atoms with Crippen LogP contribution in [0.4, 0.5) is 0 Å². The van der Waals surface area contributed by atoms with Gasteiger partial charge < -0.3 is 15.2 Å². The minimum Gasteiger partial charge on any atom is -0.497 e. The normalized spacial score (nSPS) is 11.3. The van der Waals surface area contributed by atoms with E-state index in [1.54, 1.807) is 14.2 Å². The molecular weight excluding hydrogens is 264 g/mol. The largest absolute Gasteiger partial charge is 0.497 e. The first kappa shape index (κ1) is 15.3. The van der Waals surface area contributed by atoms with E-state index >= 15 is 0 Å². The van der Waals surface area contributed by atoms with Crippen LogP contribution >= 0.6 is 0 Å². The average Bonchev–Trinajstić information content (AvgIpc) is 2.45. The van der Waals surface area contributed by atoms with Gasteiger partial charge in [0.15, 0.2) is 0 Å². The first-order chi connectivity index (χ1) is 9.86. The monoisotopic (exact) mass is 286 g/mol. The SMILES string of the molecule is COc1ccc(-c2ccc(C(C)(C)N)c(C)n2)c(OC)c1. The third-order valence-electron chi connectivity index (χ3n) is 3.46. The van der Waals surface area contributed by atoms with Gasteiger partial charge in [-0.2, -0.15) is 0 Å². The van der Waals surface area contributed by atoms with Crippen LogP contribution in [0.3, 0.4) is 0 Å². The smallest absolute Gasteiger partial charge is 0.131 e. The molecule has 1 aromatic heterocycles. The van der Waals surface area contributed by atoms with Crippen LogP contribution in [0.25, 0.3) is 11.3 Å². The molecular formula is C17H22N2O2. The highest BCUT2D eigenvalue weighted by Crippen LogP contribution is 2.33. The molecule has 21 heavy (non-hydrogen) atoms. The minimum absolute atomic E-state index is 0.403. The Morgan fingerprint density at radius 1 is 1.05 bits per heavy atom. The lowest BCUT2D eigenvalue weighted by Gasteiger charge is -2.21. The Morgan fingerprint density at radius 2 is 1.76 bits per heavy atom. The number of aromatic nitrogens is 1. The fourth-order valence-corrected chi connectivity index (χ4v) is 2.40. The lowest BCUT2D eigenvalue weighted by molar-refractivity contribution is 0.395. The average molecular weight is 286 g/mol. The quantitative estimate of drug-likeness (QED) is 0.937. The molecule has 2 rings (SSSR count). The van der Waals surface area contributed by atoms with Gasteiger partial charge in [0.25, 0.3) is 0 Å². The van der Waals surface area contributed by atoms with Crippen molar-refractivity contribution in [1.29, 1.82) is 0 Å². The summed E-state index contributed by atoms with van der Waals surface area (Å²) >= 11 is 0. The summed E-state index contributed by atoms with van der Waals surface area (Å²) in [6.45, 7) is 5.93. The fourth-order valence-electron chi connectivity index (χ4n) is 2.40. The van der Waals surface area contributed by atoms with Gasteiger partial charge in [0, 0.05) is 22.9 Å². The Morgan fingerprint density at radius 3 is 2.29 bits per heavy atom. The van der Waals surface area contributed by atoms with Gasteiger partial charge in [0.1, 0.15) is 11.5 Å². The Hall–Kier alpha value is -2.07. The molecule has 0 aliphatic heterocycles. The van der Waals surface area contributed by atoms with Gasteiger partial charge in [-0.15, -0.1) is 0 Å². The predicted octanol–water partition coefficient (Wildman–Crippen LogP) is 3.27. The number of ether oxygens (including phenoxy) is 2. The van der Waals surface area contributed by atoms with Gasteiger partial charge in [-0.1, -0.05) is 6.07 Å². The van der Waals surface area contributed by atoms with Crippen molar-refractivity contribution in [1.82, 2.24) is 4.98 Å². The highest BCUT2D eigenvalue weighted by molar-refractivity contribution is 5.69. The maximum atomic E-state index is 6.16. The Labute approximate surface area is 125 Å². The van der Waals surface area contributed by atoms with E-state index < -0.39 is 5.54 Å². The second kappa shape index (κ2) is 5.74. The van der Waals surface area contributed by atoms with Crippen LogP contribution < -0.4 is 15.2 Å². The molecule has 0 spiro atoms. The molecule has 0 unspecified atom stereocenters. The minimum atomic E-state index is -0.403. The molecule has 0 bridgehead atoms. The van der Waals surface area contributed by atoms with Crippen LogP contribution in [0.2, 0.25) is 0 Å². The summed E-state index contributed by atoms with van der Waals surface area (Å²) in [7, 11) is 3.28. The van der Waals surface area contributed by atoms with Crippen molar-refractivity contribution < 1.29 is 9.47 Å². The Balaban J connectivity index is 2.50. The number of nitrogens with zero attached hydrogens (tertiary/aromatic N) is 1. The van der Waals surface area contributed by atoms with Crippen LogP contribution in [-0.4, -0.2) is 19.2 Å². The van der Waals surface area contributed by atoms with Gasteiger partial charge in [0.05, 0.1) is 19.9 Å². The van der Waals surface area contributed by atoms with Gasteiger partial charge in [-0.25, -0.2) is 0 Å². The lowest BCUT2D eigenvalue weighted by Crippen LogP contribution is -2.29. The Kier molecular flexibility index (Phi) is 4.19. The van der Waals surface area contributed by atoms with E-state index in [1.165, 1.54) is 0 Å². The number of hydrogen-bond donors (Lipinski definition) is 1. The van der Waals surface area contributed by atoms with Crippen molar-refractivity contribution >= 4 is 0 Å². The topological polar surface area (TPSA) is 57.4 Å². The summed E-state index contributed by atoms with van der Waals surface area (Å²) in [5.74, 6) is 1.49. The van der Waals surface area contributed by atoms with Crippen LogP contribution in [-0.2, 0) is 5.54 Å². The van der Waals surface area contributed by atoms with Crippen molar-refractivity contribution in [3.63, 3.8) is 0 Å². The third-order valence-corrected chi connectivity index (χ3v) is 3.46. The highest BCUT2D eigenvalue weighted by atomic mass is 16.5. The number of nitrogens with two attached hydrogens (primary N) is 1. The van der Waals surface area contributed by atoms with E-state index in [0.717, 1.165) is 34.0 Å². The molecule has 2 N–H and O–H groups in total. The van der Waals surface area contributed by atoms with Crippen LogP contribution in [0, 0.1) is 6.92 Å². The highest BCUT2D eigenvalue weighted by Gasteiger charge is 2.18.